The van der Waals surface area contributed by atoms with Crippen LogP contribution in [0.1, 0.15) is 108 Å². The maximum atomic E-state index is 3.50. The molecule has 0 nitrogen and oxygen atoms in total. The van der Waals surface area contributed by atoms with Crippen molar-refractivity contribution in [3.63, 3.8) is 0 Å². The molecule has 1 aromatic carbocycles. The summed E-state index contributed by atoms with van der Waals surface area (Å²) in [6.45, 7) is 0. The molecule has 0 bridgehead atoms. The van der Waals surface area contributed by atoms with E-state index in [1.54, 1.807) is 0 Å². The average Bonchev–Trinajstić information content (AvgIpc) is 2.65. The Morgan fingerprint density at radius 1 is 0.440 bits per heavy atom. The second kappa shape index (κ2) is 18.5. The summed E-state index contributed by atoms with van der Waals surface area (Å²) in [5, 5.41) is 1.18. The van der Waals surface area contributed by atoms with Crippen LogP contribution in [0.15, 0.2) is 30.3 Å². The quantitative estimate of drug-likeness (QED) is 0.168. The molecule has 0 saturated carbocycles. The summed E-state index contributed by atoms with van der Waals surface area (Å²) in [5.41, 5.74) is 1.50. The molecule has 0 heterocycles. The lowest BCUT2D eigenvalue weighted by Gasteiger charge is -2.04. The topological polar surface area (TPSA) is 0 Å². The van der Waals surface area contributed by atoms with Gasteiger partial charge in [0.1, 0.15) is 0 Å². The lowest BCUT2D eigenvalue weighted by molar-refractivity contribution is 0.530. The Labute approximate surface area is 166 Å². The highest BCUT2D eigenvalue weighted by Crippen LogP contribution is 2.14. The zero-order valence-electron chi connectivity index (χ0n) is 16.5. The highest BCUT2D eigenvalue weighted by molar-refractivity contribution is 9.09. The van der Waals surface area contributed by atoms with Gasteiger partial charge in [-0.25, -0.2) is 0 Å². The molecular formula is C24H41Br. The van der Waals surface area contributed by atoms with Gasteiger partial charge in [-0.3, -0.25) is 0 Å². The molecule has 0 aliphatic rings. The fourth-order valence-electron chi connectivity index (χ4n) is 3.54. The van der Waals surface area contributed by atoms with Crippen molar-refractivity contribution in [2.24, 2.45) is 0 Å². The highest BCUT2D eigenvalue weighted by atomic mass is 79.9. The largest absolute Gasteiger partial charge is 0.0928 e. The monoisotopic (exact) mass is 408 g/mol. The minimum Gasteiger partial charge on any atom is -0.0928 e. The number of hydrogen-bond acceptors (Lipinski definition) is 0. The van der Waals surface area contributed by atoms with Crippen LogP contribution in [0.2, 0.25) is 0 Å². The minimum atomic E-state index is 1.18. The van der Waals surface area contributed by atoms with E-state index in [4.69, 9.17) is 0 Å². The number of unbranched alkanes of at least 4 members (excludes halogenated alkanes) is 15. The van der Waals surface area contributed by atoms with Crippen LogP contribution in [0, 0.1) is 0 Å². The molecule has 0 atom stereocenters. The number of benzene rings is 1. The van der Waals surface area contributed by atoms with Crippen LogP contribution in [-0.4, -0.2) is 5.33 Å². The number of hydrogen-bond donors (Lipinski definition) is 0. The van der Waals surface area contributed by atoms with Crippen molar-refractivity contribution in [1.82, 2.24) is 0 Å². The summed E-state index contributed by atoms with van der Waals surface area (Å²) >= 11 is 3.50. The molecule has 0 aromatic heterocycles. The van der Waals surface area contributed by atoms with Gasteiger partial charge < -0.3 is 0 Å². The third kappa shape index (κ3) is 15.7. The molecule has 1 heteroatoms. The second-order valence-electron chi connectivity index (χ2n) is 7.58. The van der Waals surface area contributed by atoms with Gasteiger partial charge in [-0.15, -0.1) is 0 Å². The van der Waals surface area contributed by atoms with Crippen LogP contribution in [0.25, 0.3) is 0 Å². The van der Waals surface area contributed by atoms with Crippen molar-refractivity contribution in [3.05, 3.63) is 35.9 Å². The van der Waals surface area contributed by atoms with E-state index in [0.717, 1.165) is 0 Å². The van der Waals surface area contributed by atoms with Crippen LogP contribution < -0.4 is 0 Å². The Kier molecular flexibility index (Phi) is 16.8. The Bertz CT molecular complexity index is 360. The van der Waals surface area contributed by atoms with E-state index in [-0.39, 0.29) is 0 Å². The third-order valence-electron chi connectivity index (χ3n) is 5.19. The Hall–Kier alpha value is -0.300. The Morgan fingerprint density at radius 3 is 1.20 bits per heavy atom. The average molecular weight is 409 g/mol. The molecule has 0 N–H and O–H groups in total. The lowest BCUT2D eigenvalue weighted by atomic mass is 10.0. The molecular weight excluding hydrogens is 368 g/mol. The first-order valence-corrected chi connectivity index (χ1v) is 12.2. The summed E-state index contributed by atoms with van der Waals surface area (Å²) < 4.78 is 0. The summed E-state index contributed by atoms with van der Waals surface area (Å²) in [4.78, 5) is 0. The first-order chi connectivity index (χ1) is 12.4. The van der Waals surface area contributed by atoms with Crippen molar-refractivity contribution in [3.8, 4) is 0 Å². The SMILES string of the molecule is BrCCCCCCCCCCCCCCCCCCc1ccccc1. The summed E-state index contributed by atoms with van der Waals surface area (Å²) in [5.74, 6) is 0. The van der Waals surface area contributed by atoms with E-state index >= 15 is 0 Å². The molecule has 1 rings (SSSR count). The van der Waals surface area contributed by atoms with Crippen molar-refractivity contribution in [1.29, 1.82) is 0 Å². The fraction of sp³-hybridized carbons (Fsp3) is 0.750. The lowest BCUT2D eigenvalue weighted by Crippen LogP contribution is -1.86. The van der Waals surface area contributed by atoms with E-state index in [9.17, 15) is 0 Å². The van der Waals surface area contributed by atoms with Crippen LogP contribution >= 0.6 is 15.9 Å². The molecule has 0 unspecified atom stereocenters. The first-order valence-electron chi connectivity index (χ1n) is 11.0. The van der Waals surface area contributed by atoms with Gasteiger partial charge in [0.2, 0.25) is 0 Å². The number of halogens is 1. The zero-order valence-corrected chi connectivity index (χ0v) is 18.1. The molecule has 0 spiro atoms. The van der Waals surface area contributed by atoms with Crippen LogP contribution in [0.5, 0.6) is 0 Å². The van der Waals surface area contributed by atoms with Gasteiger partial charge in [-0.05, 0) is 24.8 Å². The maximum absolute atomic E-state index is 3.50. The summed E-state index contributed by atoms with van der Waals surface area (Å²) in [6.07, 6.45) is 24.3. The van der Waals surface area contributed by atoms with Gasteiger partial charge in [0, 0.05) is 5.33 Å². The third-order valence-corrected chi connectivity index (χ3v) is 5.75. The summed E-state index contributed by atoms with van der Waals surface area (Å²) in [6, 6.07) is 10.9. The van der Waals surface area contributed by atoms with Crippen molar-refractivity contribution < 1.29 is 0 Å². The van der Waals surface area contributed by atoms with E-state index in [0.29, 0.717) is 0 Å². The smallest absolute Gasteiger partial charge is 0.00313 e. The van der Waals surface area contributed by atoms with Gasteiger partial charge >= 0.3 is 0 Å². The number of alkyl halides is 1. The molecule has 1 aromatic rings. The van der Waals surface area contributed by atoms with E-state index in [1.165, 1.54) is 120 Å². The molecule has 144 valence electrons. The zero-order chi connectivity index (χ0) is 17.8. The molecule has 0 amide bonds. The van der Waals surface area contributed by atoms with E-state index < -0.39 is 0 Å². The van der Waals surface area contributed by atoms with Crippen LogP contribution in [0.4, 0.5) is 0 Å². The molecule has 0 radical (unpaired) electrons. The molecule has 0 saturated heterocycles. The second-order valence-corrected chi connectivity index (χ2v) is 8.37. The van der Waals surface area contributed by atoms with Gasteiger partial charge in [0.25, 0.3) is 0 Å². The first kappa shape index (κ1) is 22.7. The predicted molar refractivity (Wildman–Crippen MR) is 118 cm³/mol. The predicted octanol–water partition coefficient (Wildman–Crippen LogP) is 8.87. The number of aryl methyl sites for hydroxylation is 1. The molecule has 0 aliphatic heterocycles. The fourth-order valence-corrected chi connectivity index (χ4v) is 3.94. The van der Waals surface area contributed by atoms with Gasteiger partial charge in [0.15, 0.2) is 0 Å². The van der Waals surface area contributed by atoms with Gasteiger partial charge in [-0.1, -0.05) is 136 Å². The normalized spacial score (nSPS) is 11.1. The van der Waals surface area contributed by atoms with Crippen molar-refractivity contribution >= 4 is 15.9 Å². The molecule has 25 heavy (non-hydrogen) atoms. The Balaban J connectivity index is 1.69. The van der Waals surface area contributed by atoms with E-state index in [2.05, 4.69) is 46.3 Å². The number of rotatable bonds is 18. The summed E-state index contributed by atoms with van der Waals surface area (Å²) in [7, 11) is 0. The highest BCUT2D eigenvalue weighted by Gasteiger charge is 1.95. The molecule has 0 fully saturated rings. The van der Waals surface area contributed by atoms with Gasteiger partial charge in [0.05, 0.1) is 0 Å². The standard InChI is InChI=1S/C24H41Br/c25-23-19-14-12-10-8-6-4-2-1-3-5-7-9-11-13-16-20-24-21-17-15-18-22-24/h15,17-18,21-22H,1-14,16,19-20,23H2. The maximum Gasteiger partial charge on any atom is 0.00313 e. The van der Waals surface area contributed by atoms with Crippen molar-refractivity contribution in [2.75, 3.05) is 5.33 Å². The van der Waals surface area contributed by atoms with Crippen LogP contribution in [-0.2, 0) is 6.42 Å². The molecule has 0 aliphatic carbocycles. The van der Waals surface area contributed by atoms with Crippen LogP contribution in [0.3, 0.4) is 0 Å². The minimum absolute atomic E-state index is 1.18. The van der Waals surface area contributed by atoms with E-state index in [1.807, 2.05) is 0 Å². The van der Waals surface area contributed by atoms with Gasteiger partial charge in [-0.2, -0.15) is 0 Å². The van der Waals surface area contributed by atoms with Crippen molar-refractivity contribution in [2.45, 2.75) is 109 Å². The Morgan fingerprint density at radius 2 is 0.800 bits per heavy atom.